The van der Waals surface area contributed by atoms with E-state index in [9.17, 15) is 9.18 Å². The molecule has 3 nitrogen and oxygen atoms in total. The number of carbonyl (C=O) groups excluding carboxylic acids is 1. The molecular weight excluding hydrogens is 269 g/mol. The van der Waals surface area contributed by atoms with Gasteiger partial charge in [0.05, 0.1) is 0 Å². The number of rotatable bonds is 3. The van der Waals surface area contributed by atoms with Crippen LogP contribution in [0.3, 0.4) is 0 Å². The van der Waals surface area contributed by atoms with Crippen LogP contribution >= 0.6 is 0 Å². The standard InChI is InChI=1S/C17H16FNO2/c18-15-8-4-2-6-13(15)11-21-17(20)16-14-7-3-1-5-12(14)9-10-19-16/h1-8,16,19H,9-11H2. The van der Waals surface area contributed by atoms with Crippen molar-refractivity contribution in [3.63, 3.8) is 0 Å². The van der Waals surface area contributed by atoms with Gasteiger partial charge in [0, 0.05) is 12.1 Å². The zero-order valence-electron chi connectivity index (χ0n) is 11.5. The van der Waals surface area contributed by atoms with Gasteiger partial charge in [-0.1, -0.05) is 42.5 Å². The molecule has 0 fully saturated rings. The number of hydrogen-bond acceptors (Lipinski definition) is 3. The molecule has 0 spiro atoms. The van der Waals surface area contributed by atoms with E-state index >= 15 is 0 Å². The number of nitrogens with one attached hydrogen (secondary N) is 1. The second-order valence-electron chi connectivity index (χ2n) is 5.04. The molecule has 0 saturated carbocycles. The van der Waals surface area contributed by atoms with E-state index in [1.807, 2.05) is 24.3 Å². The van der Waals surface area contributed by atoms with E-state index < -0.39 is 6.04 Å². The summed E-state index contributed by atoms with van der Waals surface area (Å²) in [6.45, 7) is 0.683. The lowest BCUT2D eigenvalue weighted by atomic mass is 9.94. The maximum Gasteiger partial charge on any atom is 0.328 e. The highest BCUT2D eigenvalue weighted by Gasteiger charge is 2.27. The zero-order valence-corrected chi connectivity index (χ0v) is 11.5. The molecule has 0 amide bonds. The average Bonchev–Trinajstić information content (AvgIpc) is 2.53. The molecule has 2 aromatic rings. The third-order valence-corrected chi connectivity index (χ3v) is 3.67. The van der Waals surface area contributed by atoms with Crippen molar-refractivity contribution in [2.45, 2.75) is 19.1 Å². The van der Waals surface area contributed by atoms with Crippen LogP contribution in [0.2, 0.25) is 0 Å². The molecule has 1 aliphatic heterocycles. The lowest BCUT2D eigenvalue weighted by Crippen LogP contribution is -2.36. The summed E-state index contributed by atoms with van der Waals surface area (Å²) in [6.07, 6.45) is 0.896. The summed E-state index contributed by atoms with van der Waals surface area (Å²) in [5.74, 6) is -0.729. The van der Waals surface area contributed by atoms with E-state index in [0.717, 1.165) is 24.1 Å². The maximum atomic E-state index is 13.5. The molecule has 0 bridgehead atoms. The van der Waals surface area contributed by atoms with Gasteiger partial charge < -0.3 is 10.1 Å². The first-order valence-electron chi connectivity index (χ1n) is 6.97. The number of halogens is 1. The molecule has 0 saturated heterocycles. The molecular formula is C17H16FNO2. The van der Waals surface area contributed by atoms with Crippen LogP contribution in [0.25, 0.3) is 0 Å². The lowest BCUT2D eigenvalue weighted by Gasteiger charge is -2.25. The van der Waals surface area contributed by atoms with Crippen molar-refractivity contribution in [2.24, 2.45) is 0 Å². The normalized spacial score (nSPS) is 17.1. The molecule has 0 aliphatic carbocycles. The fraction of sp³-hybridized carbons (Fsp3) is 0.235. The highest BCUT2D eigenvalue weighted by Crippen LogP contribution is 2.24. The van der Waals surface area contributed by atoms with Crippen molar-refractivity contribution in [1.82, 2.24) is 5.32 Å². The minimum Gasteiger partial charge on any atom is -0.459 e. The van der Waals surface area contributed by atoms with E-state index in [1.54, 1.807) is 18.2 Å². The van der Waals surface area contributed by atoms with Crippen LogP contribution in [0.15, 0.2) is 48.5 Å². The minimum atomic E-state index is -0.471. The second kappa shape index (κ2) is 6.06. The summed E-state index contributed by atoms with van der Waals surface area (Å²) < 4.78 is 18.8. The number of benzene rings is 2. The van der Waals surface area contributed by atoms with Gasteiger partial charge in [0.25, 0.3) is 0 Å². The van der Waals surface area contributed by atoms with Gasteiger partial charge in [-0.3, -0.25) is 0 Å². The highest BCUT2D eigenvalue weighted by atomic mass is 19.1. The zero-order chi connectivity index (χ0) is 14.7. The Kier molecular flexibility index (Phi) is 3.97. The molecule has 1 atom stereocenters. The van der Waals surface area contributed by atoms with Crippen LogP contribution in [0.4, 0.5) is 4.39 Å². The monoisotopic (exact) mass is 285 g/mol. The van der Waals surface area contributed by atoms with Gasteiger partial charge in [-0.25, -0.2) is 9.18 Å². The van der Waals surface area contributed by atoms with Gasteiger partial charge in [-0.15, -0.1) is 0 Å². The van der Waals surface area contributed by atoms with Gasteiger partial charge in [-0.05, 0) is 23.6 Å². The van der Waals surface area contributed by atoms with Crippen LogP contribution in [-0.2, 0) is 22.6 Å². The fourth-order valence-corrected chi connectivity index (χ4v) is 2.56. The second-order valence-corrected chi connectivity index (χ2v) is 5.04. The molecule has 3 rings (SSSR count). The van der Waals surface area contributed by atoms with E-state index in [-0.39, 0.29) is 18.4 Å². The van der Waals surface area contributed by atoms with E-state index in [2.05, 4.69) is 5.32 Å². The highest BCUT2D eigenvalue weighted by molar-refractivity contribution is 5.78. The average molecular weight is 285 g/mol. The number of esters is 1. The SMILES string of the molecule is O=C(OCc1ccccc1F)C1NCCc2ccccc21. The quantitative estimate of drug-likeness (QED) is 0.881. The van der Waals surface area contributed by atoms with E-state index in [1.165, 1.54) is 6.07 Å². The van der Waals surface area contributed by atoms with Crippen molar-refractivity contribution in [3.05, 3.63) is 71.0 Å². The Balaban J connectivity index is 1.71. The summed E-state index contributed by atoms with van der Waals surface area (Å²) in [6, 6.07) is 13.7. The Hall–Kier alpha value is -2.20. The van der Waals surface area contributed by atoms with Gasteiger partial charge in [0.2, 0.25) is 0 Å². The lowest BCUT2D eigenvalue weighted by molar-refractivity contribution is -0.148. The predicted octanol–water partition coefficient (Wildman–Crippen LogP) is 2.76. The number of ether oxygens (including phenoxy) is 1. The Labute approximate surface area is 122 Å². The van der Waals surface area contributed by atoms with Gasteiger partial charge >= 0.3 is 5.97 Å². The van der Waals surface area contributed by atoms with Crippen LogP contribution in [0.5, 0.6) is 0 Å². The molecule has 2 aromatic carbocycles. The molecule has 108 valence electrons. The van der Waals surface area contributed by atoms with Gasteiger partial charge in [-0.2, -0.15) is 0 Å². The first-order valence-corrected chi connectivity index (χ1v) is 6.97. The fourth-order valence-electron chi connectivity index (χ4n) is 2.56. The molecule has 1 N–H and O–H groups in total. The smallest absolute Gasteiger partial charge is 0.328 e. The Morgan fingerprint density at radius 2 is 1.95 bits per heavy atom. The molecule has 4 heteroatoms. The van der Waals surface area contributed by atoms with Gasteiger partial charge in [0.15, 0.2) is 0 Å². The summed E-state index contributed by atoms with van der Waals surface area (Å²) in [5, 5.41) is 3.16. The molecule has 1 aliphatic rings. The Morgan fingerprint density at radius 1 is 1.19 bits per heavy atom. The van der Waals surface area contributed by atoms with Crippen molar-refractivity contribution in [1.29, 1.82) is 0 Å². The van der Waals surface area contributed by atoms with Crippen molar-refractivity contribution in [3.8, 4) is 0 Å². The number of carbonyl (C=O) groups is 1. The maximum absolute atomic E-state index is 13.5. The molecule has 21 heavy (non-hydrogen) atoms. The first kappa shape index (κ1) is 13.8. The van der Waals surface area contributed by atoms with Crippen molar-refractivity contribution >= 4 is 5.97 Å². The van der Waals surface area contributed by atoms with E-state index in [0.29, 0.717) is 5.56 Å². The largest absolute Gasteiger partial charge is 0.459 e. The molecule has 1 heterocycles. The molecule has 1 unspecified atom stereocenters. The van der Waals surface area contributed by atoms with Crippen LogP contribution in [-0.4, -0.2) is 12.5 Å². The predicted molar refractivity (Wildman–Crippen MR) is 77.1 cm³/mol. The summed E-state index contributed by atoms with van der Waals surface area (Å²) in [4.78, 5) is 12.2. The van der Waals surface area contributed by atoms with Crippen LogP contribution < -0.4 is 5.32 Å². The number of fused-ring (bicyclic) bond motifs is 1. The number of hydrogen-bond donors (Lipinski definition) is 1. The van der Waals surface area contributed by atoms with Crippen molar-refractivity contribution in [2.75, 3.05) is 6.54 Å². The molecule has 0 aromatic heterocycles. The van der Waals surface area contributed by atoms with Gasteiger partial charge in [0.1, 0.15) is 18.5 Å². The Morgan fingerprint density at radius 3 is 2.81 bits per heavy atom. The topological polar surface area (TPSA) is 38.3 Å². The van der Waals surface area contributed by atoms with Crippen LogP contribution in [0, 0.1) is 5.82 Å². The summed E-state index contributed by atoms with van der Waals surface area (Å²) in [7, 11) is 0. The first-order chi connectivity index (χ1) is 10.3. The van der Waals surface area contributed by atoms with E-state index in [4.69, 9.17) is 4.74 Å². The third-order valence-electron chi connectivity index (χ3n) is 3.67. The summed E-state index contributed by atoms with van der Waals surface area (Å²) in [5.41, 5.74) is 2.49. The Bertz CT molecular complexity index is 657. The van der Waals surface area contributed by atoms with Crippen molar-refractivity contribution < 1.29 is 13.9 Å². The summed E-state index contributed by atoms with van der Waals surface area (Å²) >= 11 is 0. The van der Waals surface area contributed by atoms with Crippen LogP contribution in [0.1, 0.15) is 22.7 Å². The molecule has 0 radical (unpaired) electrons. The third kappa shape index (κ3) is 2.95. The minimum absolute atomic E-state index is 0.0497.